The third-order valence-electron chi connectivity index (χ3n) is 3.49. The Morgan fingerprint density at radius 2 is 1.91 bits per heavy atom. The second-order valence-corrected chi connectivity index (χ2v) is 7.01. The fourth-order valence-electron chi connectivity index (χ4n) is 2.10. The van der Waals surface area contributed by atoms with Crippen molar-refractivity contribution in [3.8, 4) is 0 Å². The fraction of sp³-hybridized carbons (Fsp3) is 0.250. The van der Waals surface area contributed by atoms with E-state index in [1.54, 1.807) is 5.38 Å². The molecule has 0 aliphatic carbocycles. The van der Waals surface area contributed by atoms with Crippen LogP contribution >= 0.6 is 27.3 Å². The Hall–Kier alpha value is -1.66. The number of hydrogen-bond acceptors (Lipinski definition) is 3. The van der Waals surface area contributed by atoms with E-state index in [0.717, 1.165) is 20.5 Å². The van der Waals surface area contributed by atoms with E-state index in [4.69, 9.17) is 5.11 Å². The Labute approximate surface area is 141 Å². The Bertz CT molecular complexity index is 694. The molecule has 0 saturated carbocycles. The molecular formula is C16H16BrNO3S. The number of hydrogen-bond donors (Lipinski definition) is 2. The van der Waals surface area contributed by atoms with Crippen LogP contribution in [0.25, 0.3) is 0 Å². The summed E-state index contributed by atoms with van der Waals surface area (Å²) in [6, 6.07) is 6.72. The molecule has 6 heteroatoms. The molecule has 1 unspecified atom stereocenters. The van der Waals surface area contributed by atoms with Crippen molar-refractivity contribution in [3.63, 3.8) is 0 Å². The summed E-state index contributed by atoms with van der Waals surface area (Å²) in [6.07, 6.45) is -0.157. The Morgan fingerprint density at radius 3 is 2.41 bits per heavy atom. The minimum Gasteiger partial charge on any atom is -0.481 e. The summed E-state index contributed by atoms with van der Waals surface area (Å²) in [5, 5.41) is 13.7. The molecule has 2 aromatic rings. The normalized spacial score (nSPS) is 12.0. The van der Waals surface area contributed by atoms with Gasteiger partial charge in [0, 0.05) is 14.7 Å². The number of halogens is 1. The molecule has 0 bridgehead atoms. The van der Waals surface area contributed by atoms with Gasteiger partial charge in [-0.15, -0.1) is 11.3 Å². The summed E-state index contributed by atoms with van der Waals surface area (Å²) >= 11 is 4.86. The highest BCUT2D eigenvalue weighted by Gasteiger charge is 2.20. The summed E-state index contributed by atoms with van der Waals surface area (Å²) in [7, 11) is 0. The Balaban J connectivity index is 2.23. The van der Waals surface area contributed by atoms with Gasteiger partial charge in [-0.25, -0.2) is 0 Å². The number of aliphatic carboxylic acids is 1. The van der Waals surface area contributed by atoms with Gasteiger partial charge < -0.3 is 10.4 Å². The van der Waals surface area contributed by atoms with Crippen LogP contribution in [0.3, 0.4) is 0 Å². The lowest BCUT2D eigenvalue weighted by Crippen LogP contribution is -2.30. The molecule has 2 N–H and O–H groups in total. The maximum atomic E-state index is 12.4. The van der Waals surface area contributed by atoms with Gasteiger partial charge in [0.15, 0.2) is 0 Å². The van der Waals surface area contributed by atoms with Gasteiger partial charge in [-0.05, 0) is 37.1 Å². The van der Waals surface area contributed by atoms with Crippen molar-refractivity contribution in [2.75, 3.05) is 0 Å². The van der Waals surface area contributed by atoms with Crippen LogP contribution in [0.1, 0.15) is 38.8 Å². The van der Waals surface area contributed by atoms with E-state index in [9.17, 15) is 9.59 Å². The molecule has 0 radical (unpaired) electrons. The number of nitrogens with one attached hydrogen (secondary N) is 1. The van der Waals surface area contributed by atoms with Gasteiger partial charge in [-0.2, -0.15) is 0 Å². The second kappa shape index (κ2) is 7.07. The van der Waals surface area contributed by atoms with E-state index in [1.165, 1.54) is 11.3 Å². The second-order valence-electron chi connectivity index (χ2n) is 5.01. The van der Waals surface area contributed by atoms with Crippen LogP contribution in [-0.2, 0) is 4.79 Å². The molecule has 0 aliphatic rings. The first-order chi connectivity index (χ1) is 10.4. The zero-order valence-electron chi connectivity index (χ0n) is 12.2. The zero-order valence-corrected chi connectivity index (χ0v) is 14.6. The molecule has 2 rings (SSSR count). The maximum Gasteiger partial charge on any atom is 0.305 e. The van der Waals surface area contributed by atoms with E-state index in [-0.39, 0.29) is 12.3 Å². The number of rotatable bonds is 5. The molecular weight excluding hydrogens is 366 g/mol. The van der Waals surface area contributed by atoms with Gasteiger partial charge in [-0.1, -0.05) is 28.1 Å². The standard InChI is InChI=1S/C16H16BrNO3S/c1-9-10(2)22-8-13(9)16(21)18-14(7-15(19)20)11-3-5-12(17)6-4-11/h3-6,8,14H,7H2,1-2H3,(H,18,21)(H,19,20). The van der Waals surface area contributed by atoms with Crippen LogP contribution in [0.2, 0.25) is 0 Å². The molecule has 0 saturated heterocycles. The summed E-state index contributed by atoms with van der Waals surface area (Å²) in [6.45, 7) is 3.85. The molecule has 1 amide bonds. The SMILES string of the molecule is Cc1scc(C(=O)NC(CC(=O)O)c2ccc(Br)cc2)c1C. The molecule has 1 atom stereocenters. The van der Waals surface area contributed by atoms with Crippen LogP contribution in [0.5, 0.6) is 0 Å². The van der Waals surface area contributed by atoms with Gasteiger partial charge in [0.2, 0.25) is 0 Å². The number of carboxylic acid groups (broad SMARTS) is 1. The number of carboxylic acids is 1. The summed E-state index contributed by atoms with van der Waals surface area (Å²) in [5.74, 6) is -1.19. The summed E-state index contributed by atoms with van der Waals surface area (Å²) in [5.41, 5.74) is 2.31. The van der Waals surface area contributed by atoms with Crippen LogP contribution < -0.4 is 5.32 Å². The van der Waals surface area contributed by atoms with Gasteiger partial charge in [-0.3, -0.25) is 9.59 Å². The molecule has 1 heterocycles. The predicted molar refractivity (Wildman–Crippen MR) is 90.4 cm³/mol. The maximum absolute atomic E-state index is 12.4. The molecule has 1 aromatic carbocycles. The number of benzene rings is 1. The lowest BCUT2D eigenvalue weighted by Gasteiger charge is -2.17. The smallest absolute Gasteiger partial charge is 0.305 e. The topological polar surface area (TPSA) is 66.4 Å². The van der Waals surface area contributed by atoms with Gasteiger partial charge in [0.1, 0.15) is 0 Å². The van der Waals surface area contributed by atoms with Crippen LogP contribution in [0, 0.1) is 13.8 Å². The van der Waals surface area contributed by atoms with Crippen molar-refractivity contribution in [2.24, 2.45) is 0 Å². The molecule has 4 nitrogen and oxygen atoms in total. The van der Waals surface area contributed by atoms with Crippen molar-refractivity contribution in [1.29, 1.82) is 0 Å². The van der Waals surface area contributed by atoms with Crippen molar-refractivity contribution >= 4 is 39.1 Å². The molecule has 22 heavy (non-hydrogen) atoms. The van der Waals surface area contributed by atoms with Crippen LogP contribution in [0.4, 0.5) is 0 Å². The van der Waals surface area contributed by atoms with Crippen LogP contribution in [-0.4, -0.2) is 17.0 Å². The van der Waals surface area contributed by atoms with E-state index in [1.807, 2.05) is 38.1 Å². The lowest BCUT2D eigenvalue weighted by atomic mass is 10.0. The summed E-state index contributed by atoms with van der Waals surface area (Å²) in [4.78, 5) is 24.6. The number of carbonyl (C=O) groups excluding carboxylic acids is 1. The van der Waals surface area contributed by atoms with E-state index < -0.39 is 12.0 Å². The van der Waals surface area contributed by atoms with Crippen molar-refractivity contribution in [3.05, 3.63) is 55.7 Å². The quantitative estimate of drug-likeness (QED) is 0.819. The highest BCUT2D eigenvalue weighted by Crippen LogP contribution is 2.23. The third-order valence-corrected chi connectivity index (χ3v) is 5.03. The average molecular weight is 382 g/mol. The van der Waals surface area contributed by atoms with Crippen molar-refractivity contribution in [2.45, 2.75) is 26.3 Å². The third kappa shape index (κ3) is 3.96. The highest BCUT2D eigenvalue weighted by molar-refractivity contribution is 9.10. The fourth-order valence-corrected chi connectivity index (χ4v) is 3.22. The Kier molecular flexibility index (Phi) is 5.37. The highest BCUT2D eigenvalue weighted by atomic mass is 79.9. The first kappa shape index (κ1) is 16.7. The van der Waals surface area contributed by atoms with Crippen LogP contribution in [0.15, 0.2) is 34.1 Å². The molecule has 1 aromatic heterocycles. The Morgan fingerprint density at radius 1 is 1.27 bits per heavy atom. The zero-order chi connectivity index (χ0) is 16.3. The molecule has 116 valence electrons. The largest absolute Gasteiger partial charge is 0.481 e. The number of aryl methyl sites for hydroxylation is 1. The number of carbonyl (C=O) groups is 2. The van der Waals surface area contributed by atoms with E-state index in [2.05, 4.69) is 21.2 Å². The van der Waals surface area contributed by atoms with Crippen molar-refractivity contribution < 1.29 is 14.7 Å². The van der Waals surface area contributed by atoms with E-state index in [0.29, 0.717) is 5.56 Å². The lowest BCUT2D eigenvalue weighted by molar-refractivity contribution is -0.137. The van der Waals surface area contributed by atoms with Gasteiger partial charge in [0.25, 0.3) is 5.91 Å². The minimum atomic E-state index is -0.952. The monoisotopic (exact) mass is 381 g/mol. The minimum absolute atomic E-state index is 0.157. The first-order valence-electron chi connectivity index (χ1n) is 6.71. The molecule has 0 fully saturated rings. The average Bonchev–Trinajstić information content (AvgIpc) is 2.78. The first-order valence-corrected chi connectivity index (χ1v) is 8.38. The van der Waals surface area contributed by atoms with Gasteiger partial charge >= 0.3 is 5.97 Å². The number of thiophene rings is 1. The number of amides is 1. The van der Waals surface area contributed by atoms with Gasteiger partial charge in [0.05, 0.1) is 18.0 Å². The van der Waals surface area contributed by atoms with Crippen molar-refractivity contribution in [1.82, 2.24) is 5.32 Å². The molecule has 0 spiro atoms. The predicted octanol–water partition coefficient (Wildman–Crippen LogP) is 4.07. The molecule has 0 aliphatic heterocycles. The summed E-state index contributed by atoms with van der Waals surface area (Å²) < 4.78 is 0.904. The van der Waals surface area contributed by atoms with E-state index >= 15 is 0 Å².